The molecular formula is C14H21NO2. The summed E-state index contributed by atoms with van der Waals surface area (Å²) in [5.41, 5.74) is 1.28. The van der Waals surface area contributed by atoms with Gasteiger partial charge in [-0.3, -0.25) is 0 Å². The number of methoxy groups -OCH3 is 2. The van der Waals surface area contributed by atoms with E-state index >= 15 is 0 Å². The Kier molecular flexibility index (Phi) is 4.26. The zero-order valence-electron chi connectivity index (χ0n) is 10.7. The van der Waals surface area contributed by atoms with Gasteiger partial charge in [0, 0.05) is 12.1 Å². The molecule has 0 unspecified atom stereocenters. The largest absolute Gasteiger partial charge is 0.497 e. The highest BCUT2D eigenvalue weighted by atomic mass is 16.5. The molecule has 1 aliphatic rings. The second kappa shape index (κ2) is 5.92. The highest BCUT2D eigenvalue weighted by Crippen LogP contribution is 2.23. The van der Waals surface area contributed by atoms with E-state index in [0.717, 1.165) is 36.9 Å². The zero-order chi connectivity index (χ0) is 12.1. The molecule has 2 rings (SSSR count). The molecule has 1 aliphatic carbocycles. The van der Waals surface area contributed by atoms with E-state index < -0.39 is 0 Å². The highest BCUT2D eigenvalue weighted by molar-refractivity contribution is 5.38. The van der Waals surface area contributed by atoms with Crippen LogP contribution in [0.1, 0.15) is 24.8 Å². The standard InChI is InChI=1S/C14H21NO2/c1-16-13-8-11(9-14(10-13)17-2)4-3-7-15-12-5-6-12/h8-10,12,15H,3-7H2,1-2H3. The Morgan fingerprint density at radius 1 is 1.12 bits per heavy atom. The minimum absolute atomic E-state index is 0.801. The SMILES string of the molecule is COc1cc(CCCNC2CC2)cc(OC)c1. The Labute approximate surface area is 103 Å². The van der Waals surface area contributed by atoms with Crippen molar-refractivity contribution in [1.82, 2.24) is 5.32 Å². The molecule has 0 heterocycles. The van der Waals surface area contributed by atoms with Crippen molar-refractivity contribution >= 4 is 0 Å². The van der Waals surface area contributed by atoms with Gasteiger partial charge in [0.15, 0.2) is 0 Å². The summed E-state index contributed by atoms with van der Waals surface area (Å²) in [6.45, 7) is 1.10. The van der Waals surface area contributed by atoms with E-state index in [2.05, 4.69) is 17.4 Å². The molecule has 1 saturated carbocycles. The molecule has 3 nitrogen and oxygen atoms in total. The van der Waals surface area contributed by atoms with Crippen LogP contribution in [0.4, 0.5) is 0 Å². The third-order valence-corrected chi connectivity index (χ3v) is 3.06. The Balaban J connectivity index is 1.84. The average molecular weight is 235 g/mol. The summed E-state index contributed by atoms with van der Waals surface area (Å²) in [6.07, 6.45) is 4.93. The molecule has 1 aromatic rings. The van der Waals surface area contributed by atoms with Gasteiger partial charge in [0.25, 0.3) is 0 Å². The molecule has 0 amide bonds. The first-order valence-electron chi connectivity index (χ1n) is 6.27. The Morgan fingerprint density at radius 2 is 1.76 bits per heavy atom. The number of benzene rings is 1. The van der Waals surface area contributed by atoms with Gasteiger partial charge in [-0.05, 0) is 49.9 Å². The predicted molar refractivity (Wildman–Crippen MR) is 68.9 cm³/mol. The van der Waals surface area contributed by atoms with Gasteiger partial charge in [-0.25, -0.2) is 0 Å². The van der Waals surface area contributed by atoms with E-state index in [9.17, 15) is 0 Å². The normalized spacial score (nSPS) is 14.7. The van der Waals surface area contributed by atoms with Crippen molar-refractivity contribution in [2.24, 2.45) is 0 Å². The first kappa shape index (κ1) is 12.2. The summed E-state index contributed by atoms with van der Waals surface area (Å²) >= 11 is 0. The Hall–Kier alpha value is -1.22. The van der Waals surface area contributed by atoms with Gasteiger partial charge in [0.2, 0.25) is 0 Å². The summed E-state index contributed by atoms with van der Waals surface area (Å²) in [5, 5.41) is 3.52. The van der Waals surface area contributed by atoms with Crippen molar-refractivity contribution in [1.29, 1.82) is 0 Å². The number of rotatable bonds is 7. The van der Waals surface area contributed by atoms with E-state index in [1.807, 2.05) is 6.07 Å². The van der Waals surface area contributed by atoms with Gasteiger partial charge in [-0.15, -0.1) is 0 Å². The van der Waals surface area contributed by atoms with Crippen LogP contribution in [0.2, 0.25) is 0 Å². The summed E-state index contributed by atoms with van der Waals surface area (Å²) < 4.78 is 10.5. The molecule has 94 valence electrons. The molecule has 0 bridgehead atoms. The second-order valence-corrected chi connectivity index (χ2v) is 4.55. The highest BCUT2D eigenvalue weighted by Gasteiger charge is 2.19. The molecule has 0 saturated heterocycles. The minimum Gasteiger partial charge on any atom is -0.497 e. The molecular weight excluding hydrogens is 214 g/mol. The minimum atomic E-state index is 0.801. The number of nitrogens with one attached hydrogen (secondary N) is 1. The molecule has 1 aromatic carbocycles. The lowest BCUT2D eigenvalue weighted by Gasteiger charge is -2.08. The maximum atomic E-state index is 5.26. The van der Waals surface area contributed by atoms with Crippen LogP contribution in [0.5, 0.6) is 11.5 Å². The molecule has 3 heteroatoms. The van der Waals surface area contributed by atoms with Crippen molar-refractivity contribution in [3.8, 4) is 11.5 Å². The molecule has 17 heavy (non-hydrogen) atoms. The molecule has 1 N–H and O–H groups in total. The maximum Gasteiger partial charge on any atom is 0.122 e. The van der Waals surface area contributed by atoms with Crippen molar-refractivity contribution in [3.05, 3.63) is 23.8 Å². The fraction of sp³-hybridized carbons (Fsp3) is 0.571. The third-order valence-electron chi connectivity index (χ3n) is 3.06. The van der Waals surface area contributed by atoms with E-state index in [1.165, 1.54) is 18.4 Å². The van der Waals surface area contributed by atoms with Crippen molar-refractivity contribution in [2.75, 3.05) is 20.8 Å². The fourth-order valence-corrected chi connectivity index (χ4v) is 1.90. The van der Waals surface area contributed by atoms with Gasteiger partial charge in [-0.1, -0.05) is 0 Å². The summed E-state index contributed by atoms with van der Waals surface area (Å²) in [4.78, 5) is 0. The molecule has 0 aliphatic heterocycles. The van der Waals surface area contributed by atoms with E-state index in [4.69, 9.17) is 9.47 Å². The summed E-state index contributed by atoms with van der Waals surface area (Å²) in [5.74, 6) is 1.74. The quantitative estimate of drug-likeness (QED) is 0.736. The first-order valence-corrected chi connectivity index (χ1v) is 6.27. The molecule has 1 fully saturated rings. The topological polar surface area (TPSA) is 30.5 Å². The van der Waals surface area contributed by atoms with E-state index in [-0.39, 0.29) is 0 Å². The molecule has 0 radical (unpaired) electrons. The fourth-order valence-electron chi connectivity index (χ4n) is 1.90. The van der Waals surface area contributed by atoms with Gasteiger partial charge in [0.1, 0.15) is 11.5 Å². The molecule has 0 atom stereocenters. The van der Waals surface area contributed by atoms with Crippen LogP contribution in [-0.4, -0.2) is 26.8 Å². The molecule has 0 aromatic heterocycles. The van der Waals surface area contributed by atoms with Crippen molar-refractivity contribution in [3.63, 3.8) is 0 Å². The Bertz CT molecular complexity index is 339. The van der Waals surface area contributed by atoms with Gasteiger partial charge in [0.05, 0.1) is 14.2 Å². The number of hydrogen-bond acceptors (Lipinski definition) is 3. The van der Waals surface area contributed by atoms with Crippen LogP contribution in [0.3, 0.4) is 0 Å². The predicted octanol–water partition coefficient (Wildman–Crippen LogP) is 2.39. The van der Waals surface area contributed by atoms with Crippen LogP contribution in [0.15, 0.2) is 18.2 Å². The summed E-state index contributed by atoms with van der Waals surface area (Å²) in [6, 6.07) is 6.88. The summed E-state index contributed by atoms with van der Waals surface area (Å²) in [7, 11) is 3.38. The van der Waals surface area contributed by atoms with Crippen molar-refractivity contribution in [2.45, 2.75) is 31.7 Å². The first-order chi connectivity index (χ1) is 8.31. The lowest BCUT2D eigenvalue weighted by atomic mass is 10.1. The number of ether oxygens (including phenoxy) is 2. The van der Waals surface area contributed by atoms with Crippen LogP contribution in [0, 0.1) is 0 Å². The maximum absolute atomic E-state index is 5.26. The van der Waals surface area contributed by atoms with Gasteiger partial charge in [-0.2, -0.15) is 0 Å². The van der Waals surface area contributed by atoms with Crippen LogP contribution >= 0.6 is 0 Å². The molecule has 0 spiro atoms. The van der Waals surface area contributed by atoms with Crippen LogP contribution in [-0.2, 0) is 6.42 Å². The van der Waals surface area contributed by atoms with Crippen LogP contribution in [0.25, 0.3) is 0 Å². The van der Waals surface area contributed by atoms with Crippen molar-refractivity contribution < 1.29 is 9.47 Å². The average Bonchev–Trinajstić information content (AvgIpc) is 3.18. The lowest BCUT2D eigenvalue weighted by Crippen LogP contribution is -2.17. The van der Waals surface area contributed by atoms with Gasteiger partial charge >= 0.3 is 0 Å². The second-order valence-electron chi connectivity index (χ2n) is 4.55. The van der Waals surface area contributed by atoms with Crippen LogP contribution < -0.4 is 14.8 Å². The van der Waals surface area contributed by atoms with Gasteiger partial charge < -0.3 is 14.8 Å². The van der Waals surface area contributed by atoms with E-state index in [0.29, 0.717) is 0 Å². The number of hydrogen-bond donors (Lipinski definition) is 1. The zero-order valence-corrected chi connectivity index (χ0v) is 10.7. The lowest BCUT2D eigenvalue weighted by molar-refractivity contribution is 0.393. The third kappa shape index (κ3) is 3.93. The Morgan fingerprint density at radius 3 is 2.29 bits per heavy atom. The monoisotopic (exact) mass is 235 g/mol. The number of aryl methyl sites for hydroxylation is 1. The van der Waals surface area contributed by atoms with E-state index in [1.54, 1.807) is 14.2 Å². The smallest absolute Gasteiger partial charge is 0.122 e.